The minimum atomic E-state index is -0.324. The molecular weight excluding hydrogens is 402 g/mol. The first-order valence-electron chi connectivity index (χ1n) is 10.9. The Balaban J connectivity index is 1.46. The number of aromatic nitrogens is 4. The van der Waals surface area contributed by atoms with Gasteiger partial charge in [-0.3, -0.25) is 4.79 Å². The van der Waals surface area contributed by atoms with Crippen molar-refractivity contribution < 1.29 is 4.79 Å². The van der Waals surface area contributed by atoms with E-state index < -0.39 is 0 Å². The maximum Gasteiger partial charge on any atom is 0.240 e. The van der Waals surface area contributed by atoms with E-state index in [1.165, 1.54) is 16.7 Å². The topological polar surface area (TPSA) is 102 Å². The Kier molecular flexibility index (Phi) is 4.92. The first-order chi connectivity index (χ1) is 15.4. The van der Waals surface area contributed by atoms with Crippen LogP contribution in [0, 0.1) is 20.8 Å². The van der Waals surface area contributed by atoms with E-state index in [0.717, 1.165) is 48.6 Å². The van der Waals surface area contributed by atoms with Crippen LogP contribution in [0.5, 0.6) is 0 Å². The van der Waals surface area contributed by atoms with Crippen LogP contribution in [-0.4, -0.2) is 38.0 Å². The summed E-state index contributed by atoms with van der Waals surface area (Å²) in [6, 6.07) is 3.98. The molecule has 5 rings (SSSR count). The lowest BCUT2D eigenvalue weighted by Crippen LogP contribution is -2.41. The van der Waals surface area contributed by atoms with Gasteiger partial charge >= 0.3 is 0 Å². The van der Waals surface area contributed by atoms with E-state index in [9.17, 15) is 4.79 Å². The van der Waals surface area contributed by atoms with Gasteiger partial charge in [-0.25, -0.2) is 9.97 Å². The smallest absolute Gasteiger partial charge is 0.240 e. The van der Waals surface area contributed by atoms with E-state index in [-0.39, 0.29) is 11.9 Å². The van der Waals surface area contributed by atoms with E-state index in [1.54, 1.807) is 6.33 Å². The highest BCUT2D eigenvalue weighted by molar-refractivity contribution is 5.85. The number of nitrogens with one attached hydrogen (secondary N) is 1. The second kappa shape index (κ2) is 7.78. The van der Waals surface area contributed by atoms with Gasteiger partial charge in [-0.15, -0.1) is 0 Å². The molecule has 2 aliphatic rings. The molecule has 1 fully saturated rings. The summed E-state index contributed by atoms with van der Waals surface area (Å²) in [5.41, 5.74) is 12.4. The molecule has 0 spiro atoms. The quantitative estimate of drug-likeness (QED) is 0.645. The number of carbonyl (C=O) groups is 1. The average Bonchev–Trinajstić information content (AvgIpc) is 3.51. The molecule has 1 aromatic carbocycles. The fraction of sp³-hybridized carbons (Fsp3) is 0.333. The molecule has 0 radical (unpaired) electrons. The summed E-state index contributed by atoms with van der Waals surface area (Å²) in [7, 11) is 0. The van der Waals surface area contributed by atoms with Crippen molar-refractivity contribution in [2.24, 2.45) is 5.73 Å². The molecule has 1 amide bonds. The molecule has 2 aromatic heterocycles. The summed E-state index contributed by atoms with van der Waals surface area (Å²) >= 11 is 0. The number of nitrogens with zero attached hydrogens (tertiary/aromatic N) is 5. The van der Waals surface area contributed by atoms with E-state index in [4.69, 9.17) is 10.7 Å². The minimum Gasteiger partial charge on any atom is -0.368 e. The van der Waals surface area contributed by atoms with Crippen LogP contribution in [0.3, 0.4) is 0 Å². The Labute approximate surface area is 187 Å². The van der Waals surface area contributed by atoms with Gasteiger partial charge in [0.05, 0.1) is 11.9 Å². The third kappa shape index (κ3) is 3.51. The zero-order valence-corrected chi connectivity index (χ0v) is 18.6. The average molecular weight is 430 g/mol. The Hall–Kier alpha value is -3.68. The number of allylic oxidation sites excluding steroid dienone is 1. The van der Waals surface area contributed by atoms with Crippen LogP contribution in [0.4, 0.5) is 17.6 Å². The molecular formula is C24H27N7O. The van der Waals surface area contributed by atoms with Crippen molar-refractivity contribution in [1.29, 1.82) is 0 Å². The molecule has 0 bridgehead atoms. The third-order valence-electron chi connectivity index (χ3n) is 6.50. The molecule has 3 N–H and O–H groups in total. The lowest BCUT2D eigenvalue weighted by atomic mass is 10.0. The number of amides is 1. The fourth-order valence-electron chi connectivity index (χ4n) is 4.53. The number of hydrogen-bond acceptors (Lipinski definition) is 6. The van der Waals surface area contributed by atoms with Crippen LogP contribution in [0.2, 0.25) is 0 Å². The second-order valence-corrected chi connectivity index (χ2v) is 8.59. The lowest BCUT2D eigenvalue weighted by Gasteiger charge is -2.25. The Morgan fingerprint density at radius 1 is 1.19 bits per heavy atom. The maximum absolute atomic E-state index is 12.0. The van der Waals surface area contributed by atoms with Gasteiger partial charge in [-0.1, -0.05) is 6.08 Å². The van der Waals surface area contributed by atoms with Crippen molar-refractivity contribution in [2.75, 3.05) is 16.8 Å². The molecule has 3 heterocycles. The molecule has 3 aromatic rings. The number of anilines is 3. The Morgan fingerprint density at radius 2 is 1.97 bits per heavy atom. The van der Waals surface area contributed by atoms with Gasteiger partial charge < -0.3 is 20.5 Å². The zero-order chi connectivity index (χ0) is 22.4. The summed E-state index contributed by atoms with van der Waals surface area (Å²) in [6.07, 6.45) is 10.2. The predicted octanol–water partition coefficient (Wildman–Crippen LogP) is 3.35. The first-order valence-corrected chi connectivity index (χ1v) is 10.9. The zero-order valence-electron chi connectivity index (χ0n) is 18.6. The highest BCUT2D eigenvalue weighted by Crippen LogP contribution is 2.33. The summed E-state index contributed by atoms with van der Waals surface area (Å²) in [4.78, 5) is 27.9. The predicted molar refractivity (Wildman–Crippen MR) is 125 cm³/mol. The van der Waals surface area contributed by atoms with Crippen molar-refractivity contribution in [2.45, 2.75) is 46.1 Å². The van der Waals surface area contributed by atoms with Gasteiger partial charge in [-0.05, 0) is 74.9 Å². The number of benzene rings is 1. The van der Waals surface area contributed by atoms with Crippen molar-refractivity contribution in [3.8, 4) is 5.69 Å². The number of fused-ring (bicyclic) bond motifs is 1. The molecule has 1 aliphatic heterocycles. The highest BCUT2D eigenvalue weighted by Gasteiger charge is 2.33. The van der Waals surface area contributed by atoms with Crippen LogP contribution in [0.1, 0.15) is 40.8 Å². The second-order valence-electron chi connectivity index (χ2n) is 8.59. The molecule has 32 heavy (non-hydrogen) atoms. The Morgan fingerprint density at radius 3 is 2.72 bits per heavy atom. The Bertz CT molecular complexity index is 1220. The molecule has 0 unspecified atom stereocenters. The molecule has 1 atom stereocenters. The van der Waals surface area contributed by atoms with Crippen LogP contribution in [-0.2, 0) is 11.2 Å². The standard InChI is InChI=1S/C24H27N7O/c1-14-10-17(11-15(2)16(14)3)30-12-21(26-13-30)28-24-27-19-7-4-6-18(19)23(29-24)31-9-5-8-20(31)22(25)32/h4,7,10-13,20H,5-6,8-9H2,1-3H3,(H2,25,32)(H,27,28,29)/t20-/m0/s1. The van der Waals surface area contributed by atoms with Gasteiger partial charge in [0.15, 0.2) is 5.82 Å². The van der Waals surface area contributed by atoms with Gasteiger partial charge in [0.1, 0.15) is 18.2 Å². The molecule has 164 valence electrons. The number of hydrogen-bond donors (Lipinski definition) is 2. The van der Waals surface area contributed by atoms with Gasteiger partial charge in [0.2, 0.25) is 11.9 Å². The van der Waals surface area contributed by atoms with Gasteiger partial charge in [0.25, 0.3) is 0 Å². The first kappa shape index (κ1) is 20.2. The molecule has 8 nitrogen and oxygen atoms in total. The number of imidazole rings is 1. The fourth-order valence-corrected chi connectivity index (χ4v) is 4.53. The lowest BCUT2D eigenvalue weighted by molar-refractivity contribution is -0.119. The summed E-state index contributed by atoms with van der Waals surface area (Å²) in [5, 5.41) is 3.24. The summed E-state index contributed by atoms with van der Waals surface area (Å²) in [5.74, 6) is 1.59. The number of primary amides is 1. The van der Waals surface area contributed by atoms with Crippen LogP contribution in [0.25, 0.3) is 11.8 Å². The van der Waals surface area contributed by atoms with E-state index in [1.807, 2.05) is 21.7 Å². The maximum atomic E-state index is 12.0. The van der Waals surface area contributed by atoms with E-state index in [0.29, 0.717) is 11.8 Å². The molecule has 1 aliphatic carbocycles. The molecule has 0 saturated carbocycles. The van der Waals surface area contributed by atoms with Crippen LogP contribution >= 0.6 is 0 Å². The van der Waals surface area contributed by atoms with E-state index in [2.05, 4.69) is 54.3 Å². The molecule has 1 saturated heterocycles. The van der Waals surface area contributed by atoms with Crippen LogP contribution < -0.4 is 16.0 Å². The normalized spacial score (nSPS) is 17.1. The van der Waals surface area contributed by atoms with Crippen molar-refractivity contribution in [3.05, 3.63) is 58.7 Å². The van der Waals surface area contributed by atoms with E-state index >= 15 is 0 Å². The number of nitrogens with two attached hydrogens (primary N) is 1. The van der Waals surface area contributed by atoms with Crippen molar-refractivity contribution in [3.63, 3.8) is 0 Å². The highest BCUT2D eigenvalue weighted by atomic mass is 16.1. The van der Waals surface area contributed by atoms with Gasteiger partial charge in [-0.2, -0.15) is 4.98 Å². The number of aryl methyl sites for hydroxylation is 2. The summed E-state index contributed by atoms with van der Waals surface area (Å²) in [6.45, 7) is 7.13. The third-order valence-corrected chi connectivity index (χ3v) is 6.50. The molecule has 8 heteroatoms. The van der Waals surface area contributed by atoms with Crippen molar-refractivity contribution in [1.82, 2.24) is 19.5 Å². The number of carbonyl (C=O) groups excluding carboxylic acids is 1. The van der Waals surface area contributed by atoms with Crippen LogP contribution in [0.15, 0.2) is 30.7 Å². The number of rotatable bonds is 5. The largest absolute Gasteiger partial charge is 0.368 e. The minimum absolute atomic E-state index is 0.308. The SMILES string of the molecule is Cc1cc(-n2cnc(Nc3nc4c(c(N5CCC[C@H]5C(N)=O)n3)CC=C4)c2)cc(C)c1C. The summed E-state index contributed by atoms with van der Waals surface area (Å²) < 4.78 is 1.99. The van der Waals surface area contributed by atoms with Gasteiger partial charge in [0, 0.05) is 17.8 Å². The monoisotopic (exact) mass is 429 g/mol. The van der Waals surface area contributed by atoms with Crippen molar-refractivity contribution >= 4 is 29.6 Å².